The topological polar surface area (TPSA) is 28.2 Å². The molecule has 0 saturated heterocycles. The molecule has 0 aromatic carbocycles. The van der Waals surface area contributed by atoms with Gasteiger partial charge in [-0.15, -0.1) is 0 Å². The zero-order chi connectivity index (χ0) is 12.1. The minimum Gasteiger partial charge on any atom is -0.357 e. The monoisotopic (exact) mass is 221 g/mol. The van der Waals surface area contributed by atoms with E-state index in [4.69, 9.17) is 0 Å². The van der Waals surface area contributed by atoms with Crippen LogP contribution in [0.1, 0.15) is 26.5 Å². The quantitative estimate of drug-likeness (QED) is 0.827. The van der Waals surface area contributed by atoms with Crippen molar-refractivity contribution in [3.8, 4) is 0 Å². The Labute approximate surface area is 98.9 Å². The Morgan fingerprint density at radius 2 is 2.00 bits per heavy atom. The summed E-state index contributed by atoms with van der Waals surface area (Å²) in [4.78, 5) is 6.87. The van der Waals surface area contributed by atoms with Crippen LogP contribution in [-0.4, -0.2) is 25.1 Å². The molecule has 0 aliphatic rings. The van der Waals surface area contributed by atoms with Crippen LogP contribution in [0.4, 0.5) is 5.82 Å². The van der Waals surface area contributed by atoms with Gasteiger partial charge in [-0.25, -0.2) is 4.98 Å². The zero-order valence-electron chi connectivity index (χ0n) is 11.0. The summed E-state index contributed by atoms with van der Waals surface area (Å²) in [6, 6.07) is 6.68. The fourth-order valence-corrected chi connectivity index (χ4v) is 1.60. The fourth-order valence-electron chi connectivity index (χ4n) is 1.60. The summed E-state index contributed by atoms with van der Waals surface area (Å²) in [5.41, 5.74) is 1.09. The van der Waals surface area contributed by atoms with E-state index in [-0.39, 0.29) is 0 Å². The first-order chi connectivity index (χ1) is 7.56. The van der Waals surface area contributed by atoms with E-state index in [2.05, 4.69) is 55.2 Å². The minimum absolute atomic E-state index is 0.498. The Morgan fingerprint density at radius 1 is 1.31 bits per heavy atom. The van der Waals surface area contributed by atoms with Crippen LogP contribution in [0.25, 0.3) is 0 Å². The molecular weight excluding hydrogens is 198 g/mol. The van der Waals surface area contributed by atoms with Gasteiger partial charge >= 0.3 is 0 Å². The lowest BCUT2D eigenvalue weighted by Crippen LogP contribution is -2.33. The van der Waals surface area contributed by atoms with Crippen LogP contribution in [0, 0.1) is 5.92 Å². The first kappa shape index (κ1) is 13.0. The van der Waals surface area contributed by atoms with Gasteiger partial charge in [-0.1, -0.05) is 19.9 Å². The highest BCUT2D eigenvalue weighted by Crippen LogP contribution is 2.16. The molecule has 1 unspecified atom stereocenters. The summed E-state index contributed by atoms with van der Waals surface area (Å²) in [6.07, 6.45) is 0. The molecule has 1 aromatic heterocycles. The molecule has 1 heterocycles. The predicted octanol–water partition coefficient (Wildman–Crippen LogP) is 2.28. The Hall–Kier alpha value is -1.09. The van der Waals surface area contributed by atoms with Crippen molar-refractivity contribution in [2.45, 2.75) is 33.4 Å². The number of rotatable bonds is 5. The Balaban J connectivity index is 2.82. The van der Waals surface area contributed by atoms with E-state index in [1.807, 2.05) is 13.1 Å². The number of pyridine rings is 1. The highest BCUT2D eigenvalue weighted by molar-refractivity contribution is 5.39. The van der Waals surface area contributed by atoms with Gasteiger partial charge in [0.15, 0.2) is 0 Å². The SMILES string of the molecule is CNCc1cccc(N(C)C(C)C(C)C)n1. The van der Waals surface area contributed by atoms with E-state index in [0.717, 1.165) is 18.1 Å². The van der Waals surface area contributed by atoms with Crippen molar-refractivity contribution in [1.82, 2.24) is 10.3 Å². The lowest BCUT2D eigenvalue weighted by atomic mass is 10.1. The molecule has 3 heteroatoms. The third kappa shape index (κ3) is 3.20. The second-order valence-corrected chi connectivity index (χ2v) is 4.61. The van der Waals surface area contributed by atoms with Gasteiger partial charge in [-0.3, -0.25) is 0 Å². The molecule has 0 saturated carbocycles. The van der Waals surface area contributed by atoms with Crippen LogP contribution in [0.3, 0.4) is 0 Å². The van der Waals surface area contributed by atoms with Crippen LogP contribution in [0.2, 0.25) is 0 Å². The summed E-state index contributed by atoms with van der Waals surface area (Å²) in [7, 11) is 4.05. The smallest absolute Gasteiger partial charge is 0.128 e. The van der Waals surface area contributed by atoms with Gasteiger partial charge in [-0.05, 0) is 32.0 Å². The maximum Gasteiger partial charge on any atom is 0.128 e. The van der Waals surface area contributed by atoms with Gasteiger partial charge in [0.1, 0.15) is 5.82 Å². The van der Waals surface area contributed by atoms with E-state index >= 15 is 0 Å². The maximum atomic E-state index is 4.63. The lowest BCUT2D eigenvalue weighted by molar-refractivity contribution is 0.502. The van der Waals surface area contributed by atoms with Crippen molar-refractivity contribution in [3.05, 3.63) is 23.9 Å². The van der Waals surface area contributed by atoms with Crippen LogP contribution in [-0.2, 0) is 6.54 Å². The van der Waals surface area contributed by atoms with Crippen LogP contribution in [0.5, 0.6) is 0 Å². The minimum atomic E-state index is 0.498. The number of nitrogens with one attached hydrogen (secondary N) is 1. The highest BCUT2D eigenvalue weighted by Gasteiger charge is 2.14. The number of nitrogens with zero attached hydrogens (tertiary/aromatic N) is 2. The molecule has 0 aliphatic heterocycles. The van der Waals surface area contributed by atoms with Gasteiger partial charge < -0.3 is 10.2 Å². The van der Waals surface area contributed by atoms with Gasteiger partial charge in [-0.2, -0.15) is 0 Å². The van der Waals surface area contributed by atoms with Gasteiger partial charge in [0.25, 0.3) is 0 Å². The average molecular weight is 221 g/mol. The molecule has 1 atom stereocenters. The number of hydrogen-bond acceptors (Lipinski definition) is 3. The van der Waals surface area contributed by atoms with E-state index in [9.17, 15) is 0 Å². The van der Waals surface area contributed by atoms with Crippen molar-refractivity contribution in [2.24, 2.45) is 5.92 Å². The largest absolute Gasteiger partial charge is 0.357 e. The normalized spacial score (nSPS) is 12.9. The molecule has 0 amide bonds. The molecule has 0 bridgehead atoms. The molecule has 0 radical (unpaired) electrons. The van der Waals surface area contributed by atoms with Crippen LogP contribution >= 0.6 is 0 Å². The Morgan fingerprint density at radius 3 is 2.56 bits per heavy atom. The fraction of sp³-hybridized carbons (Fsp3) is 0.615. The number of hydrogen-bond donors (Lipinski definition) is 1. The van der Waals surface area contributed by atoms with E-state index < -0.39 is 0 Å². The third-order valence-corrected chi connectivity index (χ3v) is 3.09. The summed E-state index contributed by atoms with van der Waals surface area (Å²) >= 11 is 0. The molecule has 0 fully saturated rings. The number of anilines is 1. The molecule has 90 valence electrons. The van der Waals surface area contributed by atoms with Gasteiger partial charge in [0, 0.05) is 19.6 Å². The van der Waals surface area contributed by atoms with E-state index in [1.54, 1.807) is 0 Å². The van der Waals surface area contributed by atoms with Gasteiger partial charge in [0.2, 0.25) is 0 Å². The molecule has 0 spiro atoms. The second-order valence-electron chi connectivity index (χ2n) is 4.61. The molecule has 1 rings (SSSR count). The van der Waals surface area contributed by atoms with Crippen molar-refractivity contribution in [1.29, 1.82) is 0 Å². The molecule has 1 N–H and O–H groups in total. The van der Waals surface area contributed by atoms with Gasteiger partial charge in [0.05, 0.1) is 5.69 Å². The lowest BCUT2D eigenvalue weighted by Gasteiger charge is -2.29. The first-order valence-electron chi connectivity index (χ1n) is 5.89. The number of aromatic nitrogens is 1. The molecular formula is C13H23N3. The molecule has 3 nitrogen and oxygen atoms in total. The summed E-state index contributed by atoms with van der Waals surface area (Å²) in [5.74, 6) is 1.67. The summed E-state index contributed by atoms with van der Waals surface area (Å²) < 4.78 is 0. The van der Waals surface area contributed by atoms with Crippen molar-refractivity contribution < 1.29 is 0 Å². The Kier molecular flexibility index (Phi) is 4.74. The Bertz CT molecular complexity index is 323. The highest BCUT2D eigenvalue weighted by atomic mass is 15.2. The standard InChI is InChI=1S/C13H23N3/c1-10(2)11(3)16(5)13-8-6-7-12(15-13)9-14-4/h6-8,10-11,14H,9H2,1-5H3. The summed E-state index contributed by atoms with van der Waals surface area (Å²) in [5, 5.41) is 3.12. The van der Waals surface area contributed by atoms with Crippen molar-refractivity contribution in [3.63, 3.8) is 0 Å². The predicted molar refractivity (Wildman–Crippen MR) is 69.7 cm³/mol. The van der Waals surface area contributed by atoms with E-state index in [0.29, 0.717) is 12.0 Å². The van der Waals surface area contributed by atoms with Crippen LogP contribution < -0.4 is 10.2 Å². The molecule has 16 heavy (non-hydrogen) atoms. The zero-order valence-corrected chi connectivity index (χ0v) is 11.0. The average Bonchev–Trinajstić information content (AvgIpc) is 2.28. The molecule has 1 aromatic rings. The van der Waals surface area contributed by atoms with Crippen molar-refractivity contribution >= 4 is 5.82 Å². The van der Waals surface area contributed by atoms with Crippen LogP contribution in [0.15, 0.2) is 18.2 Å². The second kappa shape index (κ2) is 5.85. The molecule has 0 aliphatic carbocycles. The van der Waals surface area contributed by atoms with Crippen molar-refractivity contribution in [2.75, 3.05) is 19.0 Å². The van der Waals surface area contributed by atoms with E-state index in [1.165, 1.54) is 0 Å². The maximum absolute atomic E-state index is 4.63. The first-order valence-corrected chi connectivity index (χ1v) is 5.89. The third-order valence-electron chi connectivity index (χ3n) is 3.09. The summed E-state index contributed by atoms with van der Waals surface area (Å²) in [6.45, 7) is 7.52.